The predicted molar refractivity (Wildman–Crippen MR) is 119 cm³/mol. The molecule has 0 nitrogen and oxygen atoms in total. The highest BCUT2D eigenvalue weighted by Crippen LogP contribution is 2.29. The summed E-state index contributed by atoms with van der Waals surface area (Å²) in [4.78, 5) is 2.62. The molecule has 3 aromatic rings. The normalized spacial score (nSPS) is 10.5. The molecule has 0 aliphatic carbocycles. The van der Waals surface area contributed by atoms with Crippen molar-refractivity contribution < 1.29 is 0 Å². The highest BCUT2D eigenvalue weighted by atomic mass is 32.2. The number of hydrogen-bond acceptors (Lipinski definition) is 2. The summed E-state index contributed by atoms with van der Waals surface area (Å²) in [6.07, 6.45) is 3.76. The second-order valence-electron chi connectivity index (χ2n) is 5.94. The van der Waals surface area contributed by atoms with Crippen LogP contribution in [0.25, 0.3) is 12.2 Å². The van der Waals surface area contributed by atoms with E-state index in [0.29, 0.717) is 0 Å². The first kappa shape index (κ1) is 18.6. The van der Waals surface area contributed by atoms with Gasteiger partial charge < -0.3 is 0 Å². The Morgan fingerprint density at radius 1 is 0.615 bits per heavy atom. The summed E-state index contributed by atoms with van der Waals surface area (Å²) in [7, 11) is 0. The molecular formula is C24H22S2. The van der Waals surface area contributed by atoms with Gasteiger partial charge in [0.25, 0.3) is 0 Å². The number of thioether (sulfide) groups is 2. The molecule has 0 fully saturated rings. The molecule has 0 spiro atoms. The van der Waals surface area contributed by atoms with Crippen molar-refractivity contribution in [1.29, 1.82) is 0 Å². The van der Waals surface area contributed by atoms with Gasteiger partial charge in [-0.1, -0.05) is 79.9 Å². The summed E-state index contributed by atoms with van der Waals surface area (Å²) < 4.78 is 0. The zero-order valence-electron chi connectivity index (χ0n) is 14.7. The van der Waals surface area contributed by atoms with Gasteiger partial charge in [0, 0.05) is 21.3 Å². The lowest BCUT2D eigenvalue weighted by molar-refractivity contribution is 1.30. The zero-order valence-corrected chi connectivity index (χ0v) is 16.4. The van der Waals surface area contributed by atoms with Crippen molar-refractivity contribution in [2.75, 3.05) is 0 Å². The summed E-state index contributed by atoms with van der Waals surface area (Å²) in [6, 6.07) is 26.0. The Labute approximate surface area is 165 Å². The Morgan fingerprint density at radius 3 is 1.42 bits per heavy atom. The van der Waals surface area contributed by atoms with E-state index >= 15 is 0 Å². The third-order valence-electron chi connectivity index (χ3n) is 4.05. The van der Waals surface area contributed by atoms with Crippen LogP contribution in [0.1, 0.15) is 22.3 Å². The van der Waals surface area contributed by atoms with E-state index in [1.165, 1.54) is 32.0 Å². The molecule has 0 aromatic heterocycles. The van der Waals surface area contributed by atoms with Crippen molar-refractivity contribution in [3.63, 3.8) is 0 Å². The molecule has 0 aliphatic heterocycles. The van der Waals surface area contributed by atoms with Crippen LogP contribution in [0.3, 0.4) is 0 Å². The fourth-order valence-electron chi connectivity index (χ4n) is 2.49. The van der Waals surface area contributed by atoms with Crippen LogP contribution in [0, 0.1) is 0 Å². The minimum absolute atomic E-state index is 0.981. The van der Waals surface area contributed by atoms with Crippen LogP contribution >= 0.6 is 23.5 Å². The Bertz CT molecular complexity index is 791. The van der Waals surface area contributed by atoms with Gasteiger partial charge in [-0.3, -0.25) is 0 Å². The summed E-state index contributed by atoms with van der Waals surface area (Å²) in [5.74, 6) is 1.96. The SMILES string of the molecule is C=Cc1ccc(CSc2cccc(SCc3ccc(C=C)cc3)c2)cc1. The van der Waals surface area contributed by atoms with Crippen molar-refractivity contribution in [1.82, 2.24) is 0 Å². The van der Waals surface area contributed by atoms with E-state index in [9.17, 15) is 0 Å². The molecule has 0 saturated carbocycles. The van der Waals surface area contributed by atoms with Gasteiger partial charge in [0.2, 0.25) is 0 Å². The minimum Gasteiger partial charge on any atom is -0.121 e. The van der Waals surface area contributed by atoms with Gasteiger partial charge in [-0.05, 0) is 40.5 Å². The number of rotatable bonds is 8. The average Bonchev–Trinajstić information content (AvgIpc) is 2.72. The van der Waals surface area contributed by atoms with Crippen molar-refractivity contribution in [3.05, 3.63) is 108 Å². The molecule has 3 aromatic carbocycles. The molecule has 0 aliphatic rings. The molecule has 26 heavy (non-hydrogen) atoms. The van der Waals surface area contributed by atoms with Crippen molar-refractivity contribution >= 4 is 35.7 Å². The first-order valence-electron chi connectivity index (χ1n) is 8.55. The first-order chi connectivity index (χ1) is 12.8. The molecule has 130 valence electrons. The molecule has 0 amide bonds. The van der Waals surface area contributed by atoms with Gasteiger partial charge in [0.15, 0.2) is 0 Å². The van der Waals surface area contributed by atoms with Gasteiger partial charge in [0.1, 0.15) is 0 Å². The average molecular weight is 375 g/mol. The summed E-state index contributed by atoms with van der Waals surface area (Å²) >= 11 is 3.76. The van der Waals surface area contributed by atoms with E-state index in [1.54, 1.807) is 0 Å². The largest absolute Gasteiger partial charge is 0.121 e. The first-order valence-corrected chi connectivity index (χ1v) is 10.5. The van der Waals surface area contributed by atoms with Gasteiger partial charge in [0.05, 0.1) is 0 Å². The van der Waals surface area contributed by atoms with E-state index in [1.807, 2.05) is 35.7 Å². The van der Waals surface area contributed by atoms with Crippen LogP contribution in [0.15, 0.2) is 95.7 Å². The van der Waals surface area contributed by atoms with Crippen LogP contribution in [-0.4, -0.2) is 0 Å². The van der Waals surface area contributed by atoms with Crippen LogP contribution in [0.4, 0.5) is 0 Å². The van der Waals surface area contributed by atoms with E-state index < -0.39 is 0 Å². The molecule has 0 bridgehead atoms. The summed E-state index contributed by atoms with van der Waals surface area (Å²) in [6.45, 7) is 7.60. The Hall–Kier alpha value is -2.16. The standard InChI is InChI=1S/C24H22S2/c1-3-19-8-12-21(13-9-19)17-25-23-6-5-7-24(16-23)26-18-22-14-10-20(4-2)11-15-22/h3-16H,1-2,17-18H2. The molecule has 0 saturated heterocycles. The molecule has 0 unspecified atom stereocenters. The lowest BCUT2D eigenvalue weighted by Crippen LogP contribution is -1.83. The third kappa shape index (κ3) is 5.42. The Kier molecular flexibility index (Phi) is 6.82. The topological polar surface area (TPSA) is 0 Å². The van der Waals surface area contributed by atoms with Gasteiger partial charge in [-0.25, -0.2) is 0 Å². The maximum Gasteiger partial charge on any atom is 0.0232 e. The van der Waals surface area contributed by atoms with Crippen LogP contribution in [0.2, 0.25) is 0 Å². The number of hydrogen-bond donors (Lipinski definition) is 0. The van der Waals surface area contributed by atoms with Gasteiger partial charge in [-0.2, -0.15) is 0 Å². The van der Waals surface area contributed by atoms with E-state index in [0.717, 1.165) is 11.5 Å². The molecule has 0 heterocycles. The second-order valence-corrected chi connectivity index (χ2v) is 8.04. The van der Waals surface area contributed by atoms with E-state index in [4.69, 9.17) is 0 Å². The van der Waals surface area contributed by atoms with Gasteiger partial charge in [-0.15, -0.1) is 23.5 Å². The van der Waals surface area contributed by atoms with Gasteiger partial charge >= 0.3 is 0 Å². The summed E-state index contributed by atoms with van der Waals surface area (Å²) in [5, 5.41) is 0. The predicted octanol–water partition coefficient (Wildman–Crippen LogP) is 7.56. The maximum absolute atomic E-state index is 3.80. The highest BCUT2D eigenvalue weighted by molar-refractivity contribution is 7.99. The van der Waals surface area contributed by atoms with E-state index in [2.05, 4.69) is 86.0 Å². The highest BCUT2D eigenvalue weighted by Gasteiger charge is 2.01. The molecule has 0 atom stereocenters. The maximum atomic E-state index is 3.80. The lowest BCUT2D eigenvalue weighted by atomic mass is 10.1. The fraction of sp³-hybridized carbons (Fsp3) is 0.0833. The monoisotopic (exact) mass is 374 g/mol. The molecule has 0 N–H and O–H groups in total. The van der Waals surface area contributed by atoms with Crippen molar-refractivity contribution in [3.8, 4) is 0 Å². The van der Waals surface area contributed by atoms with E-state index in [-0.39, 0.29) is 0 Å². The molecule has 2 heteroatoms. The van der Waals surface area contributed by atoms with Crippen LogP contribution < -0.4 is 0 Å². The minimum atomic E-state index is 0.981. The van der Waals surface area contributed by atoms with Crippen LogP contribution in [-0.2, 0) is 11.5 Å². The number of benzene rings is 3. The quantitative estimate of drug-likeness (QED) is 0.373. The Morgan fingerprint density at radius 2 is 1.04 bits per heavy atom. The zero-order chi connectivity index (χ0) is 18.2. The van der Waals surface area contributed by atoms with Crippen LogP contribution in [0.5, 0.6) is 0 Å². The molecular weight excluding hydrogens is 352 g/mol. The Balaban J connectivity index is 1.56. The lowest BCUT2D eigenvalue weighted by Gasteiger charge is -2.06. The molecule has 3 rings (SSSR count). The van der Waals surface area contributed by atoms with Crippen molar-refractivity contribution in [2.24, 2.45) is 0 Å². The van der Waals surface area contributed by atoms with Crippen molar-refractivity contribution in [2.45, 2.75) is 21.3 Å². The summed E-state index contributed by atoms with van der Waals surface area (Å²) in [5.41, 5.74) is 5.00. The second kappa shape index (κ2) is 9.51. The third-order valence-corrected chi connectivity index (χ3v) is 6.18. The molecule has 0 radical (unpaired) electrons. The smallest absolute Gasteiger partial charge is 0.0232 e. The fourth-order valence-corrected chi connectivity index (χ4v) is 4.38.